The number of hydrogen-bond donors (Lipinski definition) is 0. The van der Waals surface area contributed by atoms with Crippen LogP contribution in [-0.2, 0) is 24.2 Å². The predicted molar refractivity (Wildman–Crippen MR) is 98.5 cm³/mol. The van der Waals surface area contributed by atoms with E-state index in [2.05, 4.69) is 10.2 Å². The van der Waals surface area contributed by atoms with Crippen LogP contribution in [0.3, 0.4) is 0 Å². The first-order chi connectivity index (χ1) is 12.5. The van der Waals surface area contributed by atoms with Crippen LogP contribution in [0.4, 0.5) is 0 Å². The number of carbonyl (C=O) groups is 2. The monoisotopic (exact) mass is 360 g/mol. The first-order valence-electron chi connectivity index (χ1n) is 9.24. The van der Waals surface area contributed by atoms with Crippen LogP contribution in [0, 0.1) is 13.8 Å². The Morgan fingerprint density at radius 1 is 1.15 bits per heavy atom. The molecule has 0 amide bonds. The lowest BCUT2D eigenvalue weighted by atomic mass is 10.0. The molecular weight excluding hydrogens is 332 g/mol. The fourth-order valence-electron chi connectivity index (χ4n) is 3.15. The van der Waals surface area contributed by atoms with E-state index < -0.39 is 0 Å². The first-order valence-corrected chi connectivity index (χ1v) is 9.24. The Morgan fingerprint density at radius 2 is 1.92 bits per heavy atom. The summed E-state index contributed by atoms with van der Waals surface area (Å²) in [5, 5.41) is 8.80. The summed E-state index contributed by atoms with van der Waals surface area (Å²) in [4.78, 5) is 23.3. The number of aldehydes is 1. The standard InChI is InChI=1S/C19H28N4O3/c1-5-22-18(19(25)26-6-2)17(15(4)21-22)10-8-7-9-11-23-16(13-24)12-14(3)20-23/h12-13H,5-11H2,1-4H3. The molecule has 0 spiro atoms. The Balaban J connectivity index is 1.94. The quantitative estimate of drug-likeness (QED) is 0.369. The summed E-state index contributed by atoms with van der Waals surface area (Å²) in [6.45, 7) is 9.31. The van der Waals surface area contributed by atoms with E-state index in [1.54, 1.807) is 15.4 Å². The van der Waals surface area contributed by atoms with Gasteiger partial charge in [-0.2, -0.15) is 10.2 Å². The van der Waals surface area contributed by atoms with Crippen LogP contribution in [0.25, 0.3) is 0 Å². The normalized spacial score (nSPS) is 10.9. The molecular formula is C19H28N4O3. The zero-order valence-corrected chi connectivity index (χ0v) is 16.1. The van der Waals surface area contributed by atoms with Crippen LogP contribution in [0.5, 0.6) is 0 Å². The topological polar surface area (TPSA) is 79.0 Å². The fourth-order valence-corrected chi connectivity index (χ4v) is 3.15. The second-order valence-corrected chi connectivity index (χ2v) is 6.31. The number of unbranched alkanes of at least 4 members (excludes halogenated alkanes) is 2. The third kappa shape index (κ3) is 4.59. The highest BCUT2D eigenvalue weighted by Crippen LogP contribution is 2.19. The Morgan fingerprint density at radius 3 is 2.58 bits per heavy atom. The van der Waals surface area contributed by atoms with Gasteiger partial charge in [-0.1, -0.05) is 6.42 Å². The van der Waals surface area contributed by atoms with Crippen LogP contribution in [0.1, 0.15) is 71.0 Å². The Labute approximate surface area is 154 Å². The molecule has 2 aromatic heterocycles. The van der Waals surface area contributed by atoms with Crippen molar-refractivity contribution >= 4 is 12.3 Å². The molecule has 0 saturated carbocycles. The van der Waals surface area contributed by atoms with E-state index in [1.165, 1.54) is 0 Å². The summed E-state index contributed by atoms with van der Waals surface area (Å²) in [5.74, 6) is -0.299. The molecule has 7 nitrogen and oxygen atoms in total. The first kappa shape index (κ1) is 19.9. The largest absolute Gasteiger partial charge is 0.461 e. The van der Waals surface area contributed by atoms with Crippen molar-refractivity contribution in [2.75, 3.05) is 6.61 Å². The number of ether oxygens (including phenoxy) is 1. The molecule has 2 aromatic rings. The molecule has 2 heterocycles. The van der Waals surface area contributed by atoms with Crippen molar-refractivity contribution in [2.24, 2.45) is 0 Å². The molecule has 0 bridgehead atoms. The lowest BCUT2D eigenvalue weighted by Gasteiger charge is -2.08. The van der Waals surface area contributed by atoms with Gasteiger partial charge in [-0.3, -0.25) is 14.2 Å². The molecule has 0 unspecified atom stereocenters. The summed E-state index contributed by atoms with van der Waals surface area (Å²) in [5.41, 5.74) is 3.92. The molecule has 0 aliphatic rings. The lowest BCUT2D eigenvalue weighted by molar-refractivity contribution is 0.0510. The second kappa shape index (κ2) is 9.31. The van der Waals surface area contributed by atoms with Crippen molar-refractivity contribution < 1.29 is 14.3 Å². The van der Waals surface area contributed by atoms with Crippen molar-refractivity contribution in [3.63, 3.8) is 0 Å². The molecule has 0 aliphatic heterocycles. The van der Waals surface area contributed by atoms with Crippen molar-refractivity contribution in [1.82, 2.24) is 19.6 Å². The third-order valence-corrected chi connectivity index (χ3v) is 4.37. The molecule has 7 heteroatoms. The van der Waals surface area contributed by atoms with Crippen molar-refractivity contribution in [2.45, 2.75) is 66.5 Å². The smallest absolute Gasteiger partial charge is 0.356 e. The maximum absolute atomic E-state index is 12.3. The van der Waals surface area contributed by atoms with E-state index >= 15 is 0 Å². The van der Waals surface area contributed by atoms with Gasteiger partial charge in [0.1, 0.15) is 11.4 Å². The van der Waals surface area contributed by atoms with E-state index in [0.29, 0.717) is 24.5 Å². The van der Waals surface area contributed by atoms with Gasteiger partial charge in [-0.05, 0) is 53.0 Å². The maximum atomic E-state index is 12.3. The van der Waals surface area contributed by atoms with Crippen LogP contribution in [0.15, 0.2) is 6.07 Å². The number of rotatable bonds is 10. The number of hydrogen-bond acceptors (Lipinski definition) is 5. The second-order valence-electron chi connectivity index (χ2n) is 6.31. The van der Waals surface area contributed by atoms with Crippen LogP contribution < -0.4 is 0 Å². The summed E-state index contributed by atoms with van der Waals surface area (Å²) in [7, 11) is 0. The fraction of sp³-hybridized carbons (Fsp3) is 0.579. The molecule has 0 saturated heterocycles. The highest BCUT2D eigenvalue weighted by Gasteiger charge is 2.21. The van der Waals surface area contributed by atoms with Gasteiger partial charge in [0.15, 0.2) is 6.29 Å². The minimum atomic E-state index is -0.299. The van der Waals surface area contributed by atoms with Gasteiger partial charge in [0.2, 0.25) is 0 Å². The van der Waals surface area contributed by atoms with Gasteiger partial charge in [0.25, 0.3) is 0 Å². The van der Waals surface area contributed by atoms with Gasteiger partial charge in [0, 0.05) is 18.7 Å². The zero-order valence-electron chi connectivity index (χ0n) is 16.1. The molecule has 0 N–H and O–H groups in total. The highest BCUT2D eigenvalue weighted by molar-refractivity contribution is 5.89. The van der Waals surface area contributed by atoms with Gasteiger partial charge < -0.3 is 4.74 Å². The van der Waals surface area contributed by atoms with Crippen LogP contribution >= 0.6 is 0 Å². The summed E-state index contributed by atoms with van der Waals surface area (Å²) in [6.07, 6.45) is 4.49. The number of esters is 1. The van der Waals surface area contributed by atoms with E-state index in [-0.39, 0.29) is 5.97 Å². The van der Waals surface area contributed by atoms with E-state index in [1.807, 2.05) is 27.7 Å². The van der Waals surface area contributed by atoms with E-state index in [9.17, 15) is 9.59 Å². The van der Waals surface area contributed by atoms with Crippen molar-refractivity contribution in [3.05, 3.63) is 34.4 Å². The SMILES string of the molecule is CCOC(=O)c1c(CCCCCn2nc(C)cc2C=O)c(C)nn1CC. The Bertz CT molecular complexity index is 761. The molecule has 26 heavy (non-hydrogen) atoms. The van der Waals surface area contributed by atoms with Gasteiger partial charge in [-0.15, -0.1) is 0 Å². The van der Waals surface area contributed by atoms with Gasteiger partial charge >= 0.3 is 5.97 Å². The number of aromatic nitrogens is 4. The van der Waals surface area contributed by atoms with Crippen molar-refractivity contribution in [3.8, 4) is 0 Å². The lowest BCUT2D eigenvalue weighted by Crippen LogP contribution is -2.14. The van der Waals surface area contributed by atoms with E-state index in [0.717, 1.165) is 55.5 Å². The number of aryl methyl sites for hydroxylation is 4. The molecule has 0 fully saturated rings. The van der Waals surface area contributed by atoms with Crippen LogP contribution in [-0.4, -0.2) is 38.4 Å². The molecule has 0 radical (unpaired) electrons. The Kier molecular flexibility index (Phi) is 7.12. The number of nitrogens with zero attached hydrogens (tertiary/aromatic N) is 4. The average molecular weight is 360 g/mol. The minimum absolute atomic E-state index is 0.299. The zero-order chi connectivity index (χ0) is 19.1. The maximum Gasteiger partial charge on any atom is 0.356 e. The van der Waals surface area contributed by atoms with E-state index in [4.69, 9.17) is 4.74 Å². The van der Waals surface area contributed by atoms with Gasteiger partial charge in [-0.25, -0.2) is 4.79 Å². The summed E-state index contributed by atoms with van der Waals surface area (Å²) >= 11 is 0. The molecule has 142 valence electrons. The average Bonchev–Trinajstić information content (AvgIpc) is 3.14. The Hall–Kier alpha value is -2.44. The summed E-state index contributed by atoms with van der Waals surface area (Å²) in [6, 6.07) is 1.79. The number of carbonyl (C=O) groups excluding carboxylic acids is 2. The molecule has 0 aromatic carbocycles. The molecule has 0 atom stereocenters. The van der Waals surface area contributed by atoms with Gasteiger partial charge in [0.05, 0.1) is 18.0 Å². The van der Waals surface area contributed by atoms with Crippen LogP contribution in [0.2, 0.25) is 0 Å². The predicted octanol–water partition coefficient (Wildman–Crippen LogP) is 3.12. The summed E-state index contributed by atoms with van der Waals surface area (Å²) < 4.78 is 8.68. The molecule has 2 rings (SSSR count). The van der Waals surface area contributed by atoms with Crippen molar-refractivity contribution in [1.29, 1.82) is 0 Å². The molecule has 0 aliphatic carbocycles. The highest BCUT2D eigenvalue weighted by atomic mass is 16.5. The third-order valence-electron chi connectivity index (χ3n) is 4.37. The minimum Gasteiger partial charge on any atom is -0.461 e.